The van der Waals surface area contributed by atoms with Crippen molar-refractivity contribution in [1.29, 1.82) is 0 Å². The summed E-state index contributed by atoms with van der Waals surface area (Å²) in [5.41, 5.74) is 0. The first-order chi connectivity index (χ1) is 1.41. The van der Waals surface area contributed by atoms with E-state index in [1.54, 1.807) is 5.04 Å². The third-order valence-electron chi connectivity index (χ3n) is 0. The normalized spacial score (nSPS) is 3.60. The molecule has 5 heteroatoms. The van der Waals surface area contributed by atoms with Gasteiger partial charge in [0, 0.05) is 0 Å². The number of hydrogen-bond donors (Lipinski definition) is 0. The van der Waals surface area contributed by atoms with Gasteiger partial charge in [0.15, 0.2) is 0 Å². The van der Waals surface area contributed by atoms with Gasteiger partial charge in [-0.25, -0.2) is 0 Å². The van der Waals surface area contributed by atoms with Crippen molar-refractivity contribution in [3.05, 3.63) is 0 Å². The SMILES string of the molecule is [Cu+].[Cu+].[O-]O[O-]. The molecule has 0 aromatic carbocycles. The van der Waals surface area contributed by atoms with Crippen LogP contribution in [0.3, 0.4) is 0 Å². The average Bonchev–Trinajstić information content (AvgIpc) is 0.918. The molecule has 0 N–H and O–H groups in total. The summed E-state index contributed by atoms with van der Waals surface area (Å²) < 4.78 is 0. The summed E-state index contributed by atoms with van der Waals surface area (Å²) in [6.07, 6.45) is 0. The van der Waals surface area contributed by atoms with Gasteiger partial charge >= 0.3 is 34.1 Å². The van der Waals surface area contributed by atoms with Gasteiger partial charge in [0.05, 0.1) is 0 Å². The maximum Gasteiger partial charge on any atom is 1.00 e. The van der Waals surface area contributed by atoms with Crippen LogP contribution in [-0.2, 0) is 39.2 Å². The Morgan fingerprint density at radius 1 is 1.00 bits per heavy atom. The van der Waals surface area contributed by atoms with Gasteiger partial charge in [-0.3, -0.25) is 0 Å². The van der Waals surface area contributed by atoms with Crippen LogP contribution in [-0.4, -0.2) is 0 Å². The van der Waals surface area contributed by atoms with E-state index in [2.05, 4.69) is 0 Å². The van der Waals surface area contributed by atoms with Gasteiger partial charge in [-0.2, -0.15) is 0 Å². The zero-order valence-corrected chi connectivity index (χ0v) is 3.71. The summed E-state index contributed by atoms with van der Waals surface area (Å²) in [7, 11) is 0. The molecule has 0 atom stereocenters. The van der Waals surface area contributed by atoms with Crippen molar-refractivity contribution in [3.8, 4) is 0 Å². The molecule has 0 heterocycles. The fourth-order valence-corrected chi connectivity index (χ4v) is 0. The molecule has 0 bridgehead atoms. The summed E-state index contributed by atoms with van der Waals surface area (Å²) in [5, 5.41) is 17.5. The minimum absolute atomic E-state index is 0. The Hall–Kier alpha value is 0.919. The molecule has 3 nitrogen and oxygen atoms in total. The van der Waals surface area contributed by atoms with Crippen LogP contribution < -0.4 is 10.5 Å². The van der Waals surface area contributed by atoms with E-state index < -0.39 is 0 Å². The predicted octanol–water partition coefficient (Wildman–Crippen LogP) is -2.45. The molecule has 0 amide bonds. The first-order valence-electron chi connectivity index (χ1n) is 0.333. The zero-order chi connectivity index (χ0) is 2.71. The summed E-state index contributed by atoms with van der Waals surface area (Å²) in [6, 6.07) is 0. The van der Waals surface area contributed by atoms with Gasteiger partial charge in [0.2, 0.25) is 0 Å². The summed E-state index contributed by atoms with van der Waals surface area (Å²) >= 11 is 0. The maximum absolute atomic E-state index is 7.88. The Balaban J connectivity index is -0.0000000200. The van der Waals surface area contributed by atoms with Crippen LogP contribution in [0.25, 0.3) is 0 Å². The molecule has 0 aromatic heterocycles. The molecule has 0 aliphatic carbocycles. The molecule has 0 aliphatic rings. The molecule has 0 aliphatic heterocycles. The Morgan fingerprint density at radius 2 is 1.00 bits per heavy atom. The third kappa shape index (κ3) is 49.6. The van der Waals surface area contributed by atoms with E-state index in [1.165, 1.54) is 0 Å². The molecular weight excluding hydrogens is 175 g/mol. The molecule has 0 unspecified atom stereocenters. The Kier molecular flexibility index (Phi) is 69.0. The van der Waals surface area contributed by atoms with Crippen LogP contribution >= 0.6 is 0 Å². The maximum atomic E-state index is 7.88. The third-order valence-corrected chi connectivity index (χ3v) is 0. The first kappa shape index (κ1) is 16.8. The van der Waals surface area contributed by atoms with Crippen molar-refractivity contribution in [2.45, 2.75) is 0 Å². The van der Waals surface area contributed by atoms with Crippen molar-refractivity contribution in [3.63, 3.8) is 0 Å². The topological polar surface area (TPSA) is 55.3 Å². The van der Waals surface area contributed by atoms with E-state index in [4.69, 9.17) is 10.5 Å². The van der Waals surface area contributed by atoms with Gasteiger partial charge < -0.3 is 15.6 Å². The summed E-state index contributed by atoms with van der Waals surface area (Å²) in [5.74, 6) is 0. The fourth-order valence-electron chi connectivity index (χ4n) is 0. The van der Waals surface area contributed by atoms with Gasteiger partial charge in [-0.1, -0.05) is 0 Å². The molecule has 0 aromatic rings. The summed E-state index contributed by atoms with van der Waals surface area (Å²) in [6.45, 7) is 0. The van der Waals surface area contributed by atoms with Crippen LogP contribution in [0.15, 0.2) is 0 Å². The van der Waals surface area contributed by atoms with E-state index >= 15 is 0 Å². The quantitative estimate of drug-likeness (QED) is 0.233. The second-order valence-corrected chi connectivity index (χ2v) is 0.0680. The van der Waals surface area contributed by atoms with Gasteiger partial charge in [-0.05, 0) is 0 Å². The molecule has 0 fully saturated rings. The van der Waals surface area contributed by atoms with E-state index in [0.29, 0.717) is 0 Å². The second kappa shape index (κ2) is 20.5. The Labute approximate surface area is 50.1 Å². The molecule has 40 valence electrons. The number of hydrogen-bond acceptors (Lipinski definition) is 3. The largest absolute Gasteiger partial charge is 1.00 e. The van der Waals surface area contributed by atoms with Crippen LogP contribution in [0, 0.1) is 0 Å². The van der Waals surface area contributed by atoms with Crippen molar-refractivity contribution in [2.24, 2.45) is 0 Å². The van der Waals surface area contributed by atoms with Crippen LogP contribution in [0.2, 0.25) is 0 Å². The van der Waals surface area contributed by atoms with Crippen LogP contribution in [0.1, 0.15) is 0 Å². The van der Waals surface area contributed by atoms with Crippen LogP contribution in [0.4, 0.5) is 0 Å². The molecule has 0 saturated carbocycles. The Bertz CT molecular complexity index is 4.85. The molecule has 0 rings (SSSR count). The van der Waals surface area contributed by atoms with Crippen LogP contribution in [0.5, 0.6) is 0 Å². The van der Waals surface area contributed by atoms with E-state index in [-0.39, 0.29) is 34.1 Å². The predicted molar refractivity (Wildman–Crippen MR) is 1.08 cm³/mol. The van der Waals surface area contributed by atoms with E-state index in [9.17, 15) is 0 Å². The van der Waals surface area contributed by atoms with Gasteiger partial charge in [0.25, 0.3) is 0 Å². The molecule has 0 saturated heterocycles. The minimum atomic E-state index is 0. The zero-order valence-electron chi connectivity index (χ0n) is 1.83. The van der Waals surface area contributed by atoms with E-state index in [0.717, 1.165) is 0 Å². The smallest absolute Gasteiger partial charge is 0.734 e. The average molecular weight is 175 g/mol. The fraction of sp³-hybridized carbons (Fsp3) is 0. The van der Waals surface area contributed by atoms with Crippen molar-refractivity contribution >= 4 is 0 Å². The van der Waals surface area contributed by atoms with Crippen molar-refractivity contribution in [2.75, 3.05) is 0 Å². The monoisotopic (exact) mass is 174 g/mol. The standard InChI is InChI=1S/2Cu.H2O3/c;;1-3-2/h;;1-2H/q2*+1;/p-2. The van der Waals surface area contributed by atoms with Crippen molar-refractivity contribution < 1.29 is 49.7 Å². The van der Waals surface area contributed by atoms with Crippen molar-refractivity contribution in [1.82, 2.24) is 0 Å². The summed E-state index contributed by atoms with van der Waals surface area (Å²) in [4.78, 5) is 0. The molecule has 5 heavy (non-hydrogen) atoms. The van der Waals surface area contributed by atoms with E-state index in [1.807, 2.05) is 0 Å². The first-order valence-corrected chi connectivity index (χ1v) is 0.333. The van der Waals surface area contributed by atoms with Gasteiger partial charge in [-0.15, -0.1) is 0 Å². The Morgan fingerprint density at radius 3 is 1.00 bits per heavy atom. The number of rotatable bonds is 0. The molecule has 0 spiro atoms. The molecule has 0 radical (unpaired) electrons. The van der Waals surface area contributed by atoms with Gasteiger partial charge in [0.1, 0.15) is 0 Å². The molecular formula is Cu2O3. The minimum Gasteiger partial charge on any atom is -0.734 e. The second-order valence-electron chi connectivity index (χ2n) is 0.0680.